The highest BCUT2D eigenvalue weighted by Gasteiger charge is 2.19. The molecule has 1 aromatic carbocycles. The lowest BCUT2D eigenvalue weighted by molar-refractivity contribution is 0.353. The van der Waals surface area contributed by atoms with Gasteiger partial charge in [0.05, 0.1) is 26.0 Å². The topological polar surface area (TPSA) is 70.5 Å². The lowest BCUT2D eigenvalue weighted by atomic mass is 9.96. The Balaban J connectivity index is 2.73. The quantitative estimate of drug-likeness (QED) is 0.903. The molecular formula is C13H16N2O3. The number of anilines is 1. The van der Waals surface area contributed by atoms with Crippen molar-refractivity contribution in [3.63, 3.8) is 0 Å². The number of nitrogen functional groups attached to an aromatic ring is 1. The van der Waals surface area contributed by atoms with E-state index in [0.29, 0.717) is 17.4 Å². The second-order valence-electron chi connectivity index (χ2n) is 4.03. The predicted molar refractivity (Wildman–Crippen MR) is 68.9 cm³/mol. The molecule has 0 amide bonds. The van der Waals surface area contributed by atoms with Gasteiger partial charge in [0.2, 0.25) is 5.88 Å². The lowest BCUT2D eigenvalue weighted by Crippen LogP contribution is -1.98. The molecule has 0 saturated heterocycles. The SMILES string of the molecule is COc1cc(C)c(-c2cnoc2N)c(C)c1OC. The van der Waals surface area contributed by atoms with E-state index >= 15 is 0 Å². The molecule has 0 radical (unpaired) electrons. The van der Waals surface area contributed by atoms with Gasteiger partial charge in [-0.05, 0) is 31.0 Å². The van der Waals surface area contributed by atoms with Crippen molar-refractivity contribution in [1.82, 2.24) is 5.16 Å². The van der Waals surface area contributed by atoms with Crippen LogP contribution in [-0.2, 0) is 0 Å². The average Bonchev–Trinajstić information content (AvgIpc) is 2.75. The first kappa shape index (κ1) is 12.3. The van der Waals surface area contributed by atoms with Gasteiger partial charge in [0.25, 0.3) is 0 Å². The van der Waals surface area contributed by atoms with E-state index in [-0.39, 0.29) is 0 Å². The summed E-state index contributed by atoms with van der Waals surface area (Å²) in [6, 6.07) is 1.91. The number of benzene rings is 1. The summed E-state index contributed by atoms with van der Waals surface area (Å²) in [5.41, 5.74) is 9.48. The van der Waals surface area contributed by atoms with Crippen molar-refractivity contribution in [2.75, 3.05) is 20.0 Å². The third kappa shape index (κ3) is 1.77. The van der Waals surface area contributed by atoms with Crippen LogP contribution in [0.15, 0.2) is 16.8 Å². The Morgan fingerprint density at radius 3 is 2.44 bits per heavy atom. The summed E-state index contributed by atoms with van der Waals surface area (Å²) in [5, 5.41) is 3.71. The summed E-state index contributed by atoms with van der Waals surface area (Å²) in [5.74, 6) is 1.69. The number of nitrogens with zero attached hydrogens (tertiary/aromatic N) is 1. The minimum Gasteiger partial charge on any atom is -0.493 e. The molecule has 0 spiro atoms. The fourth-order valence-corrected chi connectivity index (χ4v) is 2.18. The number of ether oxygens (including phenoxy) is 2. The monoisotopic (exact) mass is 248 g/mol. The Labute approximate surface area is 105 Å². The highest BCUT2D eigenvalue weighted by molar-refractivity contribution is 5.80. The van der Waals surface area contributed by atoms with Crippen LogP contribution in [0.1, 0.15) is 11.1 Å². The largest absolute Gasteiger partial charge is 0.493 e. The number of methoxy groups -OCH3 is 2. The predicted octanol–water partition coefficient (Wildman–Crippen LogP) is 2.56. The molecule has 2 aromatic rings. The molecule has 0 saturated carbocycles. The molecule has 0 fully saturated rings. The molecule has 0 aliphatic heterocycles. The molecule has 96 valence electrons. The smallest absolute Gasteiger partial charge is 0.229 e. The summed E-state index contributed by atoms with van der Waals surface area (Å²) in [6.45, 7) is 3.94. The Morgan fingerprint density at radius 1 is 1.22 bits per heavy atom. The first-order valence-corrected chi connectivity index (χ1v) is 5.52. The third-order valence-corrected chi connectivity index (χ3v) is 2.97. The van der Waals surface area contributed by atoms with Crippen LogP contribution in [0.5, 0.6) is 11.5 Å². The Bertz CT molecular complexity index is 576. The molecule has 5 nitrogen and oxygen atoms in total. The van der Waals surface area contributed by atoms with Crippen LogP contribution >= 0.6 is 0 Å². The molecule has 5 heteroatoms. The molecule has 0 bridgehead atoms. The van der Waals surface area contributed by atoms with Gasteiger partial charge in [-0.1, -0.05) is 5.16 Å². The Morgan fingerprint density at radius 2 is 1.94 bits per heavy atom. The Hall–Kier alpha value is -2.17. The highest BCUT2D eigenvalue weighted by Crippen LogP contribution is 2.41. The van der Waals surface area contributed by atoms with Gasteiger partial charge in [-0.3, -0.25) is 0 Å². The van der Waals surface area contributed by atoms with Crippen molar-refractivity contribution < 1.29 is 14.0 Å². The van der Waals surface area contributed by atoms with E-state index in [0.717, 1.165) is 22.3 Å². The molecule has 2 rings (SSSR count). The van der Waals surface area contributed by atoms with Crippen molar-refractivity contribution in [2.24, 2.45) is 0 Å². The zero-order chi connectivity index (χ0) is 13.3. The van der Waals surface area contributed by atoms with Gasteiger partial charge in [0, 0.05) is 5.56 Å². The van der Waals surface area contributed by atoms with Crippen molar-refractivity contribution in [1.29, 1.82) is 0 Å². The summed E-state index contributed by atoms with van der Waals surface area (Å²) in [4.78, 5) is 0. The van der Waals surface area contributed by atoms with Crippen LogP contribution in [0.2, 0.25) is 0 Å². The highest BCUT2D eigenvalue weighted by atomic mass is 16.5. The number of aryl methyl sites for hydroxylation is 1. The van der Waals surface area contributed by atoms with Gasteiger partial charge in [0.15, 0.2) is 11.5 Å². The molecule has 0 unspecified atom stereocenters. The summed E-state index contributed by atoms with van der Waals surface area (Å²) in [6.07, 6.45) is 1.61. The molecule has 2 N–H and O–H groups in total. The minimum atomic E-state index is 0.299. The van der Waals surface area contributed by atoms with Gasteiger partial charge < -0.3 is 19.7 Å². The first-order chi connectivity index (χ1) is 8.60. The molecule has 18 heavy (non-hydrogen) atoms. The van der Waals surface area contributed by atoms with Crippen molar-refractivity contribution in [3.8, 4) is 22.6 Å². The van der Waals surface area contributed by atoms with Crippen LogP contribution in [-0.4, -0.2) is 19.4 Å². The van der Waals surface area contributed by atoms with E-state index in [1.807, 2.05) is 19.9 Å². The summed E-state index contributed by atoms with van der Waals surface area (Å²) >= 11 is 0. The molecule has 0 atom stereocenters. The summed E-state index contributed by atoms with van der Waals surface area (Å²) in [7, 11) is 3.23. The van der Waals surface area contributed by atoms with Gasteiger partial charge in [-0.15, -0.1) is 0 Å². The maximum atomic E-state index is 5.77. The van der Waals surface area contributed by atoms with Crippen molar-refractivity contribution in [2.45, 2.75) is 13.8 Å². The Kier molecular flexibility index (Phi) is 3.14. The molecule has 0 aliphatic carbocycles. The van der Waals surface area contributed by atoms with E-state index in [4.69, 9.17) is 19.7 Å². The fraction of sp³-hybridized carbons (Fsp3) is 0.308. The number of hydrogen-bond acceptors (Lipinski definition) is 5. The van der Waals surface area contributed by atoms with Gasteiger partial charge in [-0.25, -0.2) is 0 Å². The molecular weight excluding hydrogens is 232 g/mol. The molecule has 0 aliphatic rings. The van der Waals surface area contributed by atoms with Crippen molar-refractivity contribution >= 4 is 5.88 Å². The number of rotatable bonds is 3. The number of aromatic nitrogens is 1. The van der Waals surface area contributed by atoms with Crippen LogP contribution in [0.3, 0.4) is 0 Å². The van der Waals surface area contributed by atoms with Gasteiger partial charge in [-0.2, -0.15) is 0 Å². The summed E-state index contributed by atoms with van der Waals surface area (Å²) < 4.78 is 15.6. The van der Waals surface area contributed by atoms with Crippen LogP contribution in [0.4, 0.5) is 5.88 Å². The van der Waals surface area contributed by atoms with E-state index < -0.39 is 0 Å². The van der Waals surface area contributed by atoms with E-state index in [1.165, 1.54) is 0 Å². The van der Waals surface area contributed by atoms with Gasteiger partial charge >= 0.3 is 0 Å². The minimum absolute atomic E-state index is 0.299. The molecule has 1 heterocycles. The number of nitrogens with two attached hydrogens (primary N) is 1. The lowest BCUT2D eigenvalue weighted by Gasteiger charge is -2.16. The zero-order valence-electron chi connectivity index (χ0n) is 10.9. The standard InChI is InChI=1S/C13H16N2O3/c1-7-5-10(16-3)12(17-4)8(2)11(7)9-6-15-18-13(9)14/h5-6H,14H2,1-4H3. The van der Waals surface area contributed by atoms with E-state index in [2.05, 4.69) is 5.16 Å². The fourth-order valence-electron chi connectivity index (χ4n) is 2.18. The van der Waals surface area contributed by atoms with Gasteiger partial charge in [0.1, 0.15) is 0 Å². The van der Waals surface area contributed by atoms with Crippen LogP contribution < -0.4 is 15.2 Å². The second kappa shape index (κ2) is 4.60. The molecule has 1 aromatic heterocycles. The van der Waals surface area contributed by atoms with Crippen LogP contribution in [0, 0.1) is 13.8 Å². The second-order valence-corrected chi connectivity index (χ2v) is 4.03. The normalized spacial score (nSPS) is 10.4. The average molecular weight is 248 g/mol. The van der Waals surface area contributed by atoms with E-state index in [9.17, 15) is 0 Å². The third-order valence-electron chi connectivity index (χ3n) is 2.97. The number of hydrogen-bond donors (Lipinski definition) is 1. The zero-order valence-corrected chi connectivity index (χ0v) is 10.9. The van der Waals surface area contributed by atoms with Crippen LogP contribution in [0.25, 0.3) is 11.1 Å². The van der Waals surface area contributed by atoms with E-state index in [1.54, 1.807) is 20.4 Å². The first-order valence-electron chi connectivity index (χ1n) is 5.52. The maximum Gasteiger partial charge on any atom is 0.229 e. The van der Waals surface area contributed by atoms with Crippen molar-refractivity contribution in [3.05, 3.63) is 23.4 Å². The maximum absolute atomic E-state index is 5.77.